The summed E-state index contributed by atoms with van der Waals surface area (Å²) in [6.45, 7) is 1.92. The fraction of sp³-hybridized carbons (Fsp3) is 0.0870. The van der Waals surface area contributed by atoms with E-state index in [4.69, 9.17) is 11.6 Å². The molecule has 0 radical (unpaired) electrons. The minimum Gasteiger partial charge on any atom is -0.507 e. The molecule has 0 aliphatic carbocycles. The molecule has 5 nitrogen and oxygen atoms in total. The first-order chi connectivity index (χ1) is 15.4. The Morgan fingerprint density at radius 2 is 2.09 bits per heavy atom. The van der Waals surface area contributed by atoms with Crippen molar-refractivity contribution in [3.05, 3.63) is 75.2 Å². The summed E-state index contributed by atoms with van der Waals surface area (Å²) in [5, 5.41) is 13.4. The highest BCUT2D eigenvalue weighted by molar-refractivity contribution is 9.10. The number of aliphatic imine (C=N–C) groups is 1. The predicted octanol–water partition coefficient (Wildman–Crippen LogP) is 7.21. The minimum atomic E-state index is -0.112. The molecule has 9 heteroatoms. The second kappa shape index (κ2) is 10.0. The first kappa shape index (κ1) is 22.8. The third-order valence-corrected chi connectivity index (χ3v) is 7.38. The second-order valence-corrected chi connectivity index (χ2v) is 10.5. The minimum absolute atomic E-state index is 0.112. The molecule has 0 saturated heterocycles. The van der Waals surface area contributed by atoms with Crippen LogP contribution in [0.15, 0.2) is 68.4 Å². The van der Waals surface area contributed by atoms with E-state index in [1.807, 2.05) is 31.2 Å². The first-order valence-corrected chi connectivity index (χ1v) is 12.5. The lowest BCUT2D eigenvalue weighted by Gasteiger charge is -2.08. The second-order valence-electron chi connectivity index (χ2n) is 6.89. The van der Waals surface area contributed by atoms with E-state index in [2.05, 4.69) is 31.2 Å². The predicted molar refractivity (Wildman–Crippen MR) is 138 cm³/mol. The molecule has 4 rings (SSSR count). The van der Waals surface area contributed by atoms with Crippen molar-refractivity contribution in [3.8, 4) is 5.75 Å². The molecule has 162 valence electrons. The van der Waals surface area contributed by atoms with Crippen LogP contribution in [0.25, 0.3) is 10.2 Å². The van der Waals surface area contributed by atoms with Crippen molar-refractivity contribution in [1.82, 2.24) is 4.98 Å². The molecular weight excluding hydrogens is 530 g/mol. The molecule has 0 fully saturated rings. The molecule has 1 aromatic heterocycles. The van der Waals surface area contributed by atoms with Crippen LogP contribution in [0.4, 0.5) is 11.4 Å². The average Bonchev–Trinajstić information content (AvgIpc) is 3.18. The maximum atomic E-state index is 12.3. The van der Waals surface area contributed by atoms with Crippen LogP contribution >= 0.6 is 50.6 Å². The fourth-order valence-electron chi connectivity index (χ4n) is 2.85. The summed E-state index contributed by atoms with van der Waals surface area (Å²) in [6, 6.07) is 16.3. The number of carbonyl (C=O) groups excluding carboxylic acids is 1. The van der Waals surface area contributed by atoms with Gasteiger partial charge in [0, 0.05) is 27.0 Å². The van der Waals surface area contributed by atoms with Crippen molar-refractivity contribution in [3.63, 3.8) is 0 Å². The van der Waals surface area contributed by atoms with Crippen molar-refractivity contribution in [2.45, 2.75) is 11.3 Å². The van der Waals surface area contributed by atoms with Crippen LogP contribution in [0.2, 0.25) is 5.02 Å². The number of nitrogens with one attached hydrogen (secondary N) is 1. The summed E-state index contributed by atoms with van der Waals surface area (Å²) in [6.07, 6.45) is 1.63. The number of nitrogens with zero attached hydrogens (tertiary/aromatic N) is 2. The number of aromatic nitrogens is 1. The summed E-state index contributed by atoms with van der Waals surface area (Å²) >= 11 is 12.3. The molecule has 0 spiro atoms. The Morgan fingerprint density at radius 1 is 1.25 bits per heavy atom. The van der Waals surface area contributed by atoms with E-state index in [9.17, 15) is 9.90 Å². The number of aromatic hydroxyl groups is 1. The largest absolute Gasteiger partial charge is 0.507 e. The Kier molecular flexibility index (Phi) is 7.15. The van der Waals surface area contributed by atoms with Crippen LogP contribution in [0.5, 0.6) is 5.75 Å². The lowest BCUT2D eigenvalue weighted by Crippen LogP contribution is -2.14. The van der Waals surface area contributed by atoms with Gasteiger partial charge in [-0.3, -0.25) is 9.79 Å². The molecule has 4 aromatic rings. The van der Waals surface area contributed by atoms with Gasteiger partial charge in [-0.05, 0) is 61.0 Å². The standard InChI is InChI=1S/C23H17BrClN3O2S2/c1-13-2-4-16(25)9-19(13)27-22(30)12-31-23-28-18-6-5-17(10-21(18)32-23)26-11-14-8-15(24)3-7-20(14)29/h2-11,29H,12H2,1H3,(H,27,30). The lowest BCUT2D eigenvalue weighted by molar-refractivity contribution is -0.113. The van der Waals surface area contributed by atoms with Gasteiger partial charge in [-0.25, -0.2) is 4.98 Å². The number of fused-ring (bicyclic) bond motifs is 1. The van der Waals surface area contributed by atoms with Gasteiger partial charge in [-0.1, -0.05) is 45.4 Å². The van der Waals surface area contributed by atoms with Crippen LogP contribution in [-0.4, -0.2) is 28.0 Å². The Hall–Kier alpha value is -2.39. The number of rotatable bonds is 6. The monoisotopic (exact) mass is 545 g/mol. The Bertz CT molecular complexity index is 1340. The van der Waals surface area contributed by atoms with E-state index < -0.39 is 0 Å². The Balaban J connectivity index is 1.42. The molecule has 0 aliphatic heterocycles. The molecule has 32 heavy (non-hydrogen) atoms. The number of carbonyl (C=O) groups is 1. The van der Waals surface area contributed by atoms with Crippen LogP contribution in [0, 0.1) is 6.92 Å². The number of hydrogen-bond acceptors (Lipinski definition) is 6. The van der Waals surface area contributed by atoms with Crippen molar-refractivity contribution in [2.75, 3.05) is 11.1 Å². The molecule has 0 aliphatic rings. The van der Waals surface area contributed by atoms with Gasteiger partial charge in [0.2, 0.25) is 5.91 Å². The number of phenolic OH excluding ortho intramolecular Hbond substituents is 1. The molecule has 0 atom stereocenters. The maximum Gasteiger partial charge on any atom is 0.234 e. The van der Waals surface area contributed by atoms with E-state index >= 15 is 0 Å². The van der Waals surface area contributed by atoms with Gasteiger partial charge >= 0.3 is 0 Å². The van der Waals surface area contributed by atoms with E-state index in [-0.39, 0.29) is 17.4 Å². The maximum absolute atomic E-state index is 12.3. The van der Waals surface area contributed by atoms with E-state index in [0.717, 1.165) is 30.3 Å². The first-order valence-electron chi connectivity index (χ1n) is 9.49. The van der Waals surface area contributed by atoms with Crippen molar-refractivity contribution in [2.24, 2.45) is 4.99 Å². The van der Waals surface area contributed by atoms with Gasteiger partial charge in [0.05, 0.1) is 21.7 Å². The molecular formula is C23H17BrClN3O2S2. The normalized spacial score (nSPS) is 11.3. The topological polar surface area (TPSA) is 74.6 Å². The zero-order chi connectivity index (χ0) is 22.7. The zero-order valence-corrected chi connectivity index (χ0v) is 20.8. The van der Waals surface area contributed by atoms with Crippen molar-refractivity contribution in [1.29, 1.82) is 0 Å². The van der Waals surface area contributed by atoms with E-state index in [1.165, 1.54) is 23.1 Å². The molecule has 3 aromatic carbocycles. The fourth-order valence-corrected chi connectivity index (χ4v) is 5.30. The Morgan fingerprint density at radius 3 is 2.94 bits per heavy atom. The van der Waals surface area contributed by atoms with E-state index in [0.29, 0.717) is 16.3 Å². The molecule has 1 heterocycles. The molecule has 2 N–H and O–H groups in total. The third-order valence-electron chi connectivity index (χ3n) is 4.50. The SMILES string of the molecule is Cc1ccc(Cl)cc1NC(=O)CSc1nc2ccc(N=Cc3cc(Br)ccc3O)cc2s1. The van der Waals surface area contributed by atoms with E-state index in [1.54, 1.807) is 36.5 Å². The van der Waals surface area contributed by atoms with Crippen molar-refractivity contribution < 1.29 is 9.90 Å². The number of halogens is 2. The van der Waals surface area contributed by atoms with Gasteiger partial charge in [-0.15, -0.1) is 11.3 Å². The molecule has 0 unspecified atom stereocenters. The van der Waals surface area contributed by atoms with Crippen LogP contribution in [0.3, 0.4) is 0 Å². The van der Waals surface area contributed by atoms with Gasteiger partial charge in [0.15, 0.2) is 4.34 Å². The number of hydrogen-bond donors (Lipinski definition) is 2. The third kappa shape index (κ3) is 5.69. The highest BCUT2D eigenvalue weighted by Gasteiger charge is 2.10. The average molecular weight is 547 g/mol. The zero-order valence-electron chi connectivity index (χ0n) is 16.8. The highest BCUT2D eigenvalue weighted by atomic mass is 79.9. The summed E-state index contributed by atoms with van der Waals surface area (Å²) in [5.74, 6) is 0.304. The van der Waals surface area contributed by atoms with Crippen LogP contribution in [0.1, 0.15) is 11.1 Å². The lowest BCUT2D eigenvalue weighted by atomic mass is 10.2. The summed E-state index contributed by atoms with van der Waals surface area (Å²) in [4.78, 5) is 21.4. The number of thiazole rings is 1. The number of amides is 1. The number of aryl methyl sites for hydroxylation is 1. The molecule has 1 amide bonds. The van der Waals surface area contributed by atoms with Crippen LogP contribution in [-0.2, 0) is 4.79 Å². The summed E-state index contributed by atoms with van der Waals surface area (Å²) < 4.78 is 2.65. The number of phenols is 1. The molecule has 0 bridgehead atoms. The summed E-state index contributed by atoms with van der Waals surface area (Å²) in [5.41, 5.74) is 3.91. The quantitative estimate of drug-likeness (QED) is 0.198. The summed E-state index contributed by atoms with van der Waals surface area (Å²) in [7, 11) is 0. The van der Waals surface area contributed by atoms with Gasteiger partial charge in [-0.2, -0.15) is 0 Å². The van der Waals surface area contributed by atoms with Gasteiger partial charge < -0.3 is 10.4 Å². The van der Waals surface area contributed by atoms with Gasteiger partial charge in [0.25, 0.3) is 0 Å². The number of thioether (sulfide) groups is 1. The number of benzene rings is 3. The van der Waals surface area contributed by atoms with Crippen LogP contribution < -0.4 is 5.32 Å². The molecule has 0 saturated carbocycles. The smallest absolute Gasteiger partial charge is 0.234 e. The number of anilines is 1. The van der Waals surface area contributed by atoms with Crippen molar-refractivity contribution >= 4 is 84.3 Å². The Labute approximate surface area is 206 Å². The van der Waals surface area contributed by atoms with Gasteiger partial charge in [0.1, 0.15) is 5.75 Å². The highest BCUT2D eigenvalue weighted by Crippen LogP contribution is 2.32.